The molecule has 0 atom stereocenters. The zero-order valence-corrected chi connectivity index (χ0v) is 9.19. The molecule has 0 bridgehead atoms. The Bertz CT molecular complexity index is 465. The predicted octanol–water partition coefficient (Wildman–Crippen LogP) is 3.35. The maximum Gasteiger partial charge on any atom is 0.180 e. The molecule has 0 saturated heterocycles. The zero-order valence-electron chi connectivity index (χ0n) is 7.62. The highest BCUT2D eigenvalue weighted by molar-refractivity contribution is 7.13. The quantitative estimate of drug-likeness (QED) is 0.807. The topological polar surface area (TPSA) is 38.9 Å². The summed E-state index contributed by atoms with van der Waals surface area (Å²) in [7, 11) is 0. The van der Waals surface area contributed by atoms with Gasteiger partial charge >= 0.3 is 0 Å². The molecule has 4 heteroatoms. The zero-order chi connectivity index (χ0) is 10.1. The van der Waals surface area contributed by atoms with E-state index in [4.69, 9.17) is 17.3 Å². The maximum absolute atomic E-state index is 5.93. The maximum atomic E-state index is 5.93. The Morgan fingerprint density at radius 2 is 2.21 bits per heavy atom. The van der Waals surface area contributed by atoms with Crippen molar-refractivity contribution in [2.45, 2.75) is 6.92 Å². The normalized spacial score (nSPS) is 10.4. The fourth-order valence-corrected chi connectivity index (χ4v) is 1.91. The lowest BCUT2D eigenvalue weighted by molar-refractivity contribution is 1.39. The van der Waals surface area contributed by atoms with Crippen LogP contribution in [0.4, 0.5) is 5.13 Å². The van der Waals surface area contributed by atoms with Gasteiger partial charge in [-0.3, -0.25) is 0 Å². The molecule has 2 nitrogen and oxygen atoms in total. The van der Waals surface area contributed by atoms with Crippen LogP contribution in [-0.2, 0) is 0 Å². The van der Waals surface area contributed by atoms with Crippen molar-refractivity contribution in [1.29, 1.82) is 0 Å². The first-order valence-corrected chi connectivity index (χ1v) is 5.40. The van der Waals surface area contributed by atoms with E-state index in [9.17, 15) is 0 Å². The van der Waals surface area contributed by atoms with Crippen LogP contribution in [0.2, 0.25) is 5.02 Å². The third-order valence-corrected chi connectivity index (χ3v) is 3.07. The Kier molecular flexibility index (Phi) is 2.44. The highest BCUT2D eigenvalue weighted by atomic mass is 35.5. The molecule has 1 aromatic carbocycles. The van der Waals surface area contributed by atoms with E-state index in [1.165, 1.54) is 11.3 Å². The number of nitrogens with two attached hydrogens (primary N) is 1. The van der Waals surface area contributed by atoms with Crippen molar-refractivity contribution in [3.05, 3.63) is 34.2 Å². The summed E-state index contributed by atoms with van der Waals surface area (Å²) >= 11 is 7.37. The fourth-order valence-electron chi connectivity index (χ4n) is 1.22. The van der Waals surface area contributed by atoms with E-state index in [0.717, 1.165) is 21.8 Å². The fraction of sp³-hybridized carbons (Fsp3) is 0.100. The largest absolute Gasteiger partial charge is 0.375 e. The van der Waals surface area contributed by atoms with E-state index in [1.807, 2.05) is 30.5 Å². The van der Waals surface area contributed by atoms with E-state index in [0.29, 0.717) is 5.13 Å². The Morgan fingerprint density at radius 3 is 2.79 bits per heavy atom. The first kappa shape index (κ1) is 9.49. The van der Waals surface area contributed by atoms with Crippen LogP contribution in [0.5, 0.6) is 0 Å². The van der Waals surface area contributed by atoms with Crippen molar-refractivity contribution in [2.75, 3.05) is 5.73 Å². The molecule has 2 N–H and O–H groups in total. The number of anilines is 1. The van der Waals surface area contributed by atoms with Crippen molar-refractivity contribution in [2.24, 2.45) is 0 Å². The molecule has 0 amide bonds. The van der Waals surface area contributed by atoms with Gasteiger partial charge in [0.25, 0.3) is 0 Å². The lowest BCUT2D eigenvalue weighted by atomic mass is 10.1. The minimum atomic E-state index is 0.590. The van der Waals surface area contributed by atoms with Crippen LogP contribution in [0.25, 0.3) is 11.3 Å². The first-order chi connectivity index (χ1) is 6.66. The second kappa shape index (κ2) is 3.59. The summed E-state index contributed by atoms with van der Waals surface area (Å²) < 4.78 is 0. The molecule has 0 aliphatic carbocycles. The van der Waals surface area contributed by atoms with E-state index < -0.39 is 0 Å². The molecular weight excluding hydrogens is 216 g/mol. The van der Waals surface area contributed by atoms with Crippen LogP contribution in [0.1, 0.15) is 5.56 Å². The molecule has 2 rings (SSSR count). The summed E-state index contributed by atoms with van der Waals surface area (Å²) in [4.78, 5) is 4.20. The highest BCUT2D eigenvalue weighted by Crippen LogP contribution is 2.26. The van der Waals surface area contributed by atoms with Gasteiger partial charge in [-0.2, -0.15) is 0 Å². The lowest BCUT2D eigenvalue weighted by Crippen LogP contribution is -1.84. The molecular formula is C10H9ClN2S. The summed E-state index contributed by atoms with van der Waals surface area (Å²) in [5.41, 5.74) is 8.58. The smallest absolute Gasteiger partial charge is 0.180 e. The summed E-state index contributed by atoms with van der Waals surface area (Å²) in [5.74, 6) is 0. The van der Waals surface area contributed by atoms with Gasteiger partial charge in [0.2, 0.25) is 0 Å². The van der Waals surface area contributed by atoms with Gasteiger partial charge in [0.15, 0.2) is 5.13 Å². The molecule has 0 unspecified atom stereocenters. The Hall–Kier alpha value is -1.06. The van der Waals surface area contributed by atoms with Gasteiger partial charge in [0.05, 0.1) is 5.69 Å². The second-order valence-corrected chi connectivity index (χ2v) is 4.33. The molecule has 0 spiro atoms. The number of rotatable bonds is 1. The number of benzene rings is 1. The predicted molar refractivity (Wildman–Crippen MR) is 61.7 cm³/mol. The minimum Gasteiger partial charge on any atom is -0.375 e. The van der Waals surface area contributed by atoms with Crippen molar-refractivity contribution in [3.8, 4) is 11.3 Å². The van der Waals surface area contributed by atoms with Gasteiger partial charge in [-0.1, -0.05) is 17.7 Å². The number of nitrogen functional groups attached to an aromatic ring is 1. The number of aromatic nitrogens is 1. The standard InChI is InChI=1S/C10H9ClN2S/c1-6-4-7(2-3-8(6)11)9-5-14-10(12)13-9/h2-5H,1H3,(H2,12,13). The van der Waals surface area contributed by atoms with Crippen LogP contribution in [0.3, 0.4) is 0 Å². The number of nitrogens with zero attached hydrogens (tertiary/aromatic N) is 1. The number of hydrogen-bond donors (Lipinski definition) is 1. The molecule has 0 saturated carbocycles. The van der Waals surface area contributed by atoms with Crippen LogP contribution in [-0.4, -0.2) is 4.98 Å². The van der Waals surface area contributed by atoms with Gasteiger partial charge in [-0.05, 0) is 24.6 Å². The van der Waals surface area contributed by atoms with Crippen LogP contribution in [0, 0.1) is 6.92 Å². The van der Waals surface area contributed by atoms with Crippen molar-refractivity contribution in [3.63, 3.8) is 0 Å². The summed E-state index contributed by atoms with van der Waals surface area (Å²) in [5, 5.41) is 3.31. The summed E-state index contributed by atoms with van der Waals surface area (Å²) in [6.07, 6.45) is 0. The van der Waals surface area contributed by atoms with Crippen molar-refractivity contribution >= 4 is 28.1 Å². The minimum absolute atomic E-state index is 0.590. The first-order valence-electron chi connectivity index (χ1n) is 4.14. The average molecular weight is 225 g/mol. The van der Waals surface area contributed by atoms with Crippen LogP contribution >= 0.6 is 22.9 Å². The SMILES string of the molecule is Cc1cc(-c2csc(N)n2)ccc1Cl. The third-order valence-electron chi connectivity index (χ3n) is 1.98. The van der Waals surface area contributed by atoms with Gasteiger partial charge < -0.3 is 5.73 Å². The molecule has 72 valence electrons. The molecule has 1 aromatic heterocycles. The number of thiazole rings is 1. The number of aryl methyl sites for hydroxylation is 1. The van der Waals surface area contributed by atoms with E-state index in [2.05, 4.69) is 4.98 Å². The van der Waals surface area contributed by atoms with Crippen molar-refractivity contribution < 1.29 is 0 Å². The number of halogens is 1. The van der Waals surface area contributed by atoms with E-state index in [-0.39, 0.29) is 0 Å². The summed E-state index contributed by atoms with van der Waals surface area (Å²) in [6, 6.07) is 5.84. The Labute approximate surface area is 91.4 Å². The Morgan fingerprint density at radius 1 is 1.43 bits per heavy atom. The molecule has 2 aromatic rings. The van der Waals surface area contributed by atoms with Gasteiger partial charge in [0.1, 0.15) is 0 Å². The second-order valence-electron chi connectivity index (χ2n) is 3.03. The number of hydrogen-bond acceptors (Lipinski definition) is 3. The van der Waals surface area contributed by atoms with Crippen LogP contribution < -0.4 is 5.73 Å². The summed E-state index contributed by atoms with van der Waals surface area (Å²) in [6.45, 7) is 1.97. The third kappa shape index (κ3) is 1.74. The van der Waals surface area contributed by atoms with E-state index >= 15 is 0 Å². The van der Waals surface area contributed by atoms with Crippen LogP contribution in [0.15, 0.2) is 23.6 Å². The molecule has 0 aliphatic heterocycles. The Balaban J connectivity index is 2.47. The highest BCUT2D eigenvalue weighted by Gasteiger charge is 2.03. The molecule has 0 aliphatic rings. The molecule has 1 heterocycles. The monoisotopic (exact) mass is 224 g/mol. The van der Waals surface area contributed by atoms with Gasteiger partial charge in [-0.15, -0.1) is 11.3 Å². The van der Waals surface area contributed by atoms with Crippen molar-refractivity contribution in [1.82, 2.24) is 4.98 Å². The molecule has 0 fully saturated rings. The molecule has 0 radical (unpaired) electrons. The van der Waals surface area contributed by atoms with Gasteiger partial charge in [0, 0.05) is 16.0 Å². The molecule has 14 heavy (non-hydrogen) atoms. The average Bonchev–Trinajstić information content (AvgIpc) is 2.57. The van der Waals surface area contributed by atoms with Gasteiger partial charge in [-0.25, -0.2) is 4.98 Å². The van der Waals surface area contributed by atoms with E-state index in [1.54, 1.807) is 0 Å². The lowest BCUT2D eigenvalue weighted by Gasteiger charge is -2.00.